The van der Waals surface area contributed by atoms with Crippen molar-refractivity contribution in [2.75, 3.05) is 32.8 Å². The summed E-state index contributed by atoms with van der Waals surface area (Å²) in [6.07, 6.45) is 2.85. The number of nitrogens with one attached hydrogen (secondary N) is 1. The molecule has 1 aliphatic heterocycles. The summed E-state index contributed by atoms with van der Waals surface area (Å²) in [6.45, 7) is 6.47. The molecule has 1 heterocycles. The van der Waals surface area contributed by atoms with Crippen LogP contribution in [0.3, 0.4) is 0 Å². The van der Waals surface area contributed by atoms with Crippen molar-refractivity contribution in [3.63, 3.8) is 0 Å². The highest BCUT2D eigenvalue weighted by Gasteiger charge is 2.30. The van der Waals surface area contributed by atoms with Crippen LogP contribution in [0.4, 0.5) is 0 Å². The molecule has 1 amide bonds. The molecular formula is C13H25N3O2. The van der Waals surface area contributed by atoms with Gasteiger partial charge in [-0.3, -0.25) is 9.69 Å². The number of ether oxygens (including phenoxy) is 1. The first-order valence-corrected chi connectivity index (χ1v) is 7.00. The van der Waals surface area contributed by atoms with E-state index in [2.05, 4.69) is 17.1 Å². The Labute approximate surface area is 109 Å². The SMILES string of the molecule is CC(CN1CCOCC1)NC(=O)CC(N)C1CC1. The fourth-order valence-electron chi connectivity index (χ4n) is 2.46. The molecule has 2 unspecified atom stereocenters. The second-order valence-electron chi connectivity index (χ2n) is 5.59. The summed E-state index contributed by atoms with van der Waals surface area (Å²) >= 11 is 0. The fraction of sp³-hybridized carbons (Fsp3) is 0.923. The van der Waals surface area contributed by atoms with Gasteiger partial charge in [0.1, 0.15) is 0 Å². The first-order valence-electron chi connectivity index (χ1n) is 7.00. The van der Waals surface area contributed by atoms with Gasteiger partial charge in [0.15, 0.2) is 0 Å². The maximum absolute atomic E-state index is 11.8. The second-order valence-corrected chi connectivity index (χ2v) is 5.59. The molecule has 1 saturated heterocycles. The number of nitrogens with zero attached hydrogens (tertiary/aromatic N) is 1. The van der Waals surface area contributed by atoms with E-state index in [9.17, 15) is 4.79 Å². The molecule has 1 aliphatic carbocycles. The molecule has 5 heteroatoms. The molecule has 0 aromatic carbocycles. The van der Waals surface area contributed by atoms with Gasteiger partial charge < -0.3 is 15.8 Å². The highest BCUT2D eigenvalue weighted by atomic mass is 16.5. The van der Waals surface area contributed by atoms with Crippen molar-refractivity contribution in [2.24, 2.45) is 11.7 Å². The Morgan fingerprint density at radius 1 is 1.44 bits per heavy atom. The van der Waals surface area contributed by atoms with Gasteiger partial charge >= 0.3 is 0 Å². The molecule has 2 aliphatic rings. The van der Waals surface area contributed by atoms with E-state index in [4.69, 9.17) is 10.5 Å². The summed E-state index contributed by atoms with van der Waals surface area (Å²) < 4.78 is 5.30. The number of nitrogens with two attached hydrogens (primary N) is 1. The molecule has 104 valence electrons. The molecule has 3 N–H and O–H groups in total. The topological polar surface area (TPSA) is 67.6 Å². The molecule has 0 aromatic rings. The zero-order valence-corrected chi connectivity index (χ0v) is 11.2. The molecule has 1 saturated carbocycles. The van der Waals surface area contributed by atoms with Crippen molar-refractivity contribution < 1.29 is 9.53 Å². The largest absolute Gasteiger partial charge is 0.379 e. The van der Waals surface area contributed by atoms with E-state index in [1.165, 1.54) is 12.8 Å². The quantitative estimate of drug-likeness (QED) is 0.698. The lowest BCUT2D eigenvalue weighted by molar-refractivity contribution is -0.122. The van der Waals surface area contributed by atoms with Gasteiger partial charge in [-0.05, 0) is 25.7 Å². The Hall–Kier alpha value is -0.650. The molecule has 0 radical (unpaired) electrons. The molecule has 0 bridgehead atoms. The Kier molecular flexibility index (Phi) is 4.97. The van der Waals surface area contributed by atoms with Gasteiger partial charge in [0, 0.05) is 38.1 Å². The van der Waals surface area contributed by atoms with Crippen LogP contribution < -0.4 is 11.1 Å². The highest BCUT2D eigenvalue weighted by Crippen LogP contribution is 2.32. The van der Waals surface area contributed by atoms with Crippen molar-refractivity contribution in [2.45, 2.75) is 38.3 Å². The number of hydrogen-bond donors (Lipinski definition) is 2. The van der Waals surface area contributed by atoms with Gasteiger partial charge in [0.2, 0.25) is 5.91 Å². The lowest BCUT2D eigenvalue weighted by Crippen LogP contribution is -2.46. The van der Waals surface area contributed by atoms with Crippen molar-refractivity contribution in [1.82, 2.24) is 10.2 Å². The smallest absolute Gasteiger partial charge is 0.221 e. The van der Waals surface area contributed by atoms with Crippen LogP contribution in [0.25, 0.3) is 0 Å². The number of rotatable bonds is 6. The zero-order valence-electron chi connectivity index (χ0n) is 11.2. The molecule has 0 spiro atoms. The standard InChI is InChI=1S/C13H25N3O2/c1-10(9-16-4-6-18-7-5-16)15-13(17)8-12(14)11-2-3-11/h10-12H,2-9,14H2,1H3,(H,15,17). The van der Waals surface area contributed by atoms with Crippen LogP contribution in [-0.4, -0.2) is 55.7 Å². The minimum atomic E-state index is 0.0561. The fourth-order valence-corrected chi connectivity index (χ4v) is 2.46. The van der Waals surface area contributed by atoms with Gasteiger partial charge in [-0.1, -0.05) is 0 Å². The Morgan fingerprint density at radius 3 is 2.72 bits per heavy atom. The van der Waals surface area contributed by atoms with Crippen LogP contribution in [0.15, 0.2) is 0 Å². The van der Waals surface area contributed by atoms with Crippen LogP contribution in [0.2, 0.25) is 0 Å². The van der Waals surface area contributed by atoms with Gasteiger partial charge in [-0.15, -0.1) is 0 Å². The van der Waals surface area contributed by atoms with Gasteiger partial charge in [-0.25, -0.2) is 0 Å². The van der Waals surface area contributed by atoms with Crippen LogP contribution in [0.5, 0.6) is 0 Å². The van der Waals surface area contributed by atoms with E-state index in [0.717, 1.165) is 32.8 Å². The third kappa shape index (κ3) is 4.55. The highest BCUT2D eigenvalue weighted by molar-refractivity contribution is 5.76. The lowest BCUT2D eigenvalue weighted by atomic mass is 10.1. The first kappa shape index (κ1) is 13.8. The molecule has 2 rings (SSSR count). The Bertz CT molecular complexity index is 275. The molecule has 2 fully saturated rings. The number of morpholine rings is 1. The maximum atomic E-state index is 11.8. The molecule has 18 heavy (non-hydrogen) atoms. The predicted octanol–water partition coefficient (Wildman–Crippen LogP) is -0.0493. The molecular weight excluding hydrogens is 230 g/mol. The third-order valence-corrected chi connectivity index (χ3v) is 3.69. The third-order valence-electron chi connectivity index (χ3n) is 3.69. The number of hydrogen-bond acceptors (Lipinski definition) is 4. The first-order chi connectivity index (χ1) is 8.65. The molecule has 5 nitrogen and oxygen atoms in total. The van der Waals surface area contributed by atoms with Crippen molar-refractivity contribution in [1.29, 1.82) is 0 Å². The number of carbonyl (C=O) groups excluding carboxylic acids is 1. The predicted molar refractivity (Wildman–Crippen MR) is 70.2 cm³/mol. The molecule has 0 aromatic heterocycles. The number of amides is 1. The van der Waals surface area contributed by atoms with Gasteiger partial charge in [-0.2, -0.15) is 0 Å². The maximum Gasteiger partial charge on any atom is 0.221 e. The summed E-state index contributed by atoms with van der Waals surface area (Å²) in [4.78, 5) is 14.1. The van der Waals surface area contributed by atoms with Crippen molar-refractivity contribution in [3.05, 3.63) is 0 Å². The normalized spacial score (nSPS) is 24.6. The Balaban J connectivity index is 1.62. The zero-order chi connectivity index (χ0) is 13.0. The summed E-state index contributed by atoms with van der Waals surface area (Å²) in [7, 11) is 0. The number of carbonyl (C=O) groups is 1. The van der Waals surface area contributed by atoms with E-state index in [1.54, 1.807) is 0 Å². The lowest BCUT2D eigenvalue weighted by Gasteiger charge is -2.29. The van der Waals surface area contributed by atoms with E-state index in [0.29, 0.717) is 12.3 Å². The molecule has 2 atom stereocenters. The van der Waals surface area contributed by atoms with E-state index < -0.39 is 0 Å². The van der Waals surface area contributed by atoms with E-state index >= 15 is 0 Å². The van der Waals surface area contributed by atoms with Crippen LogP contribution >= 0.6 is 0 Å². The minimum absolute atomic E-state index is 0.0561. The summed E-state index contributed by atoms with van der Waals surface area (Å²) in [5.74, 6) is 0.681. The monoisotopic (exact) mass is 255 g/mol. The summed E-state index contributed by atoms with van der Waals surface area (Å²) in [6, 6.07) is 0.239. The average Bonchev–Trinajstić information content (AvgIpc) is 3.13. The Morgan fingerprint density at radius 2 is 2.11 bits per heavy atom. The van der Waals surface area contributed by atoms with Gasteiger partial charge in [0.25, 0.3) is 0 Å². The summed E-state index contributed by atoms with van der Waals surface area (Å²) in [5, 5.41) is 3.04. The minimum Gasteiger partial charge on any atom is -0.379 e. The van der Waals surface area contributed by atoms with E-state index in [-0.39, 0.29) is 18.0 Å². The second kappa shape index (κ2) is 6.50. The van der Waals surface area contributed by atoms with Crippen LogP contribution in [-0.2, 0) is 9.53 Å². The van der Waals surface area contributed by atoms with Crippen molar-refractivity contribution >= 4 is 5.91 Å². The van der Waals surface area contributed by atoms with Crippen LogP contribution in [0.1, 0.15) is 26.2 Å². The summed E-state index contributed by atoms with van der Waals surface area (Å²) in [5.41, 5.74) is 5.95. The van der Waals surface area contributed by atoms with E-state index in [1.807, 2.05) is 0 Å². The van der Waals surface area contributed by atoms with Crippen molar-refractivity contribution in [3.8, 4) is 0 Å². The van der Waals surface area contributed by atoms with Crippen LogP contribution in [0, 0.1) is 5.92 Å². The average molecular weight is 255 g/mol. The van der Waals surface area contributed by atoms with Gasteiger partial charge in [0.05, 0.1) is 13.2 Å².